The molecule has 0 aromatic carbocycles. The predicted octanol–water partition coefficient (Wildman–Crippen LogP) is 4.01. The van der Waals surface area contributed by atoms with Gasteiger partial charge < -0.3 is 9.32 Å². The number of furan rings is 1. The molecule has 1 aliphatic rings. The summed E-state index contributed by atoms with van der Waals surface area (Å²) in [6.07, 6.45) is 3.94. The van der Waals surface area contributed by atoms with Crippen molar-refractivity contribution in [2.75, 3.05) is 11.4 Å². The summed E-state index contributed by atoms with van der Waals surface area (Å²) >= 11 is 6.07. The molecule has 0 amide bonds. The van der Waals surface area contributed by atoms with Gasteiger partial charge in [-0.25, -0.2) is 9.97 Å². The lowest BCUT2D eigenvalue weighted by molar-refractivity contribution is 0.327. The van der Waals surface area contributed by atoms with E-state index >= 15 is 0 Å². The Balaban J connectivity index is 1.96. The third kappa shape index (κ3) is 2.66. The highest BCUT2D eigenvalue weighted by Crippen LogP contribution is 2.37. The predicted molar refractivity (Wildman–Crippen MR) is 79.0 cm³/mol. The molecule has 0 radical (unpaired) electrons. The van der Waals surface area contributed by atoms with Crippen molar-refractivity contribution >= 4 is 17.4 Å². The topological polar surface area (TPSA) is 42.2 Å². The summed E-state index contributed by atoms with van der Waals surface area (Å²) in [6, 6.07) is 6.02. The van der Waals surface area contributed by atoms with Gasteiger partial charge in [0.15, 0.2) is 0 Å². The van der Waals surface area contributed by atoms with E-state index in [-0.39, 0.29) is 6.04 Å². The van der Waals surface area contributed by atoms with Gasteiger partial charge in [0, 0.05) is 12.6 Å². The van der Waals surface area contributed by atoms with Gasteiger partial charge in [-0.15, -0.1) is 0 Å². The van der Waals surface area contributed by atoms with Crippen molar-refractivity contribution in [1.82, 2.24) is 9.97 Å². The number of aryl methyl sites for hydroxylation is 1. The van der Waals surface area contributed by atoms with Crippen molar-refractivity contribution in [3.05, 3.63) is 41.2 Å². The minimum Gasteiger partial charge on any atom is -0.467 e. The summed E-state index contributed by atoms with van der Waals surface area (Å²) in [4.78, 5) is 10.9. The Hall–Kier alpha value is -1.55. The van der Waals surface area contributed by atoms with Gasteiger partial charge in [0.2, 0.25) is 0 Å². The third-order valence-corrected chi connectivity index (χ3v) is 4.02. The summed E-state index contributed by atoms with van der Waals surface area (Å²) in [5.41, 5.74) is 0. The average molecular weight is 292 g/mol. The Labute approximate surface area is 123 Å². The minimum atomic E-state index is 0.221. The molecular weight excluding hydrogens is 274 g/mol. The van der Waals surface area contributed by atoms with Crippen molar-refractivity contribution in [3.8, 4) is 0 Å². The number of halogens is 1. The average Bonchev–Trinajstić information content (AvgIpc) is 2.91. The molecule has 2 aromatic rings. The molecule has 4 nitrogen and oxygen atoms in total. The third-order valence-electron chi connectivity index (χ3n) is 3.82. The maximum atomic E-state index is 6.07. The van der Waals surface area contributed by atoms with Crippen molar-refractivity contribution in [1.29, 1.82) is 0 Å². The highest BCUT2D eigenvalue weighted by molar-refractivity contribution is 6.29. The largest absolute Gasteiger partial charge is 0.467 e. The van der Waals surface area contributed by atoms with E-state index in [0.717, 1.165) is 31.0 Å². The Morgan fingerprint density at radius 2 is 2.25 bits per heavy atom. The number of anilines is 1. The van der Waals surface area contributed by atoms with Crippen LogP contribution >= 0.6 is 11.6 Å². The van der Waals surface area contributed by atoms with Crippen LogP contribution in [0.1, 0.15) is 37.4 Å². The van der Waals surface area contributed by atoms with Crippen LogP contribution in [0.3, 0.4) is 0 Å². The van der Waals surface area contributed by atoms with Gasteiger partial charge >= 0.3 is 0 Å². The second-order valence-electron chi connectivity index (χ2n) is 5.45. The quantitative estimate of drug-likeness (QED) is 0.784. The maximum Gasteiger partial charge on any atom is 0.134 e. The Kier molecular flexibility index (Phi) is 3.66. The second-order valence-corrected chi connectivity index (χ2v) is 5.84. The van der Waals surface area contributed by atoms with Crippen LogP contribution in [0.25, 0.3) is 0 Å². The second kappa shape index (κ2) is 5.44. The number of hydrogen-bond donors (Lipinski definition) is 0. The monoisotopic (exact) mass is 291 g/mol. The molecule has 2 aromatic heterocycles. The van der Waals surface area contributed by atoms with E-state index in [9.17, 15) is 0 Å². The van der Waals surface area contributed by atoms with Crippen molar-refractivity contribution in [3.63, 3.8) is 0 Å². The van der Waals surface area contributed by atoms with Crippen LogP contribution in [0, 0.1) is 12.8 Å². The van der Waals surface area contributed by atoms with Gasteiger partial charge in [-0.3, -0.25) is 0 Å². The molecular formula is C15H18ClN3O. The zero-order valence-corrected chi connectivity index (χ0v) is 12.5. The van der Waals surface area contributed by atoms with Gasteiger partial charge in [0.25, 0.3) is 0 Å². The van der Waals surface area contributed by atoms with Crippen molar-refractivity contribution in [2.45, 2.75) is 32.7 Å². The smallest absolute Gasteiger partial charge is 0.134 e. The van der Waals surface area contributed by atoms with Gasteiger partial charge in [0.1, 0.15) is 22.6 Å². The van der Waals surface area contributed by atoms with E-state index in [2.05, 4.69) is 21.8 Å². The molecule has 0 aliphatic carbocycles. The number of aromatic nitrogens is 2. The number of piperidine rings is 1. The zero-order valence-electron chi connectivity index (χ0n) is 11.7. The Morgan fingerprint density at radius 3 is 2.95 bits per heavy atom. The van der Waals surface area contributed by atoms with Crippen LogP contribution in [0.4, 0.5) is 5.82 Å². The summed E-state index contributed by atoms with van der Waals surface area (Å²) in [5.74, 6) is 3.25. The molecule has 0 bridgehead atoms. The Bertz CT molecular complexity index is 565. The van der Waals surface area contributed by atoms with E-state index in [0.29, 0.717) is 16.9 Å². The fraction of sp³-hybridized carbons (Fsp3) is 0.467. The first-order valence-corrected chi connectivity index (χ1v) is 7.32. The molecule has 1 aliphatic heterocycles. The molecule has 1 saturated heterocycles. The lowest BCUT2D eigenvalue weighted by Crippen LogP contribution is -2.36. The van der Waals surface area contributed by atoms with Crippen LogP contribution in [-0.2, 0) is 0 Å². The summed E-state index contributed by atoms with van der Waals surface area (Å²) in [6.45, 7) is 5.11. The van der Waals surface area contributed by atoms with Crippen LogP contribution < -0.4 is 4.90 Å². The maximum absolute atomic E-state index is 6.07. The number of hydrogen-bond acceptors (Lipinski definition) is 4. The fourth-order valence-electron chi connectivity index (χ4n) is 2.83. The molecule has 2 atom stereocenters. The zero-order chi connectivity index (χ0) is 14.1. The first-order chi connectivity index (χ1) is 9.63. The van der Waals surface area contributed by atoms with E-state index in [1.54, 1.807) is 6.26 Å². The van der Waals surface area contributed by atoms with Crippen LogP contribution in [0.15, 0.2) is 28.9 Å². The molecule has 0 unspecified atom stereocenters. The highest BCUT2D eigenvalue weighted by Gasteiger charge is 2.30. The minimum absolute atomic E-state index is 0.221. The number of nitrogens with zero attached hydrogens (tertiary/aromatic N) is 3. The summed E-state index contributed by atoms with van der Waals surface area (Å²) in [5, 5.41) is 0.490. The molecule has 5 heteroatoms. The highest BCUT2D eigenvalue weighted by atomic mass is 35.5. The van der Waals surface area contributed by atoms with Crippen LogP contribution in [-0.4, -0.2) is 16.5 Å². The molecule has 1 fully saturated rings. The first kappa shape index (κ1) is 13.4. The molecule has 3 rings (SSSR count). The fourth-order valence-corrected chi connectivity index (χ4v) is 3.05. The van der Waals surface area contributed by atoms with Gasteiger partial charge in [-0.05, 0) is 37.8 Å². The SMILES string of the molecule is Cc1nc(Cl)cc(N2CC[C@H](C)C[C@H]2c2ccco2)n1. The van der Waals surface area contributed by atoms with Gasteiger partial charge in [-0.2, -0.15) is 0 Å². The van der Waals surface area contributed by atoms with Crippen molar-refractivity contribution < 1.29 is 4.42 Å². The van der Waals surface area contributed by atoms with E-state index in [1.165, 1.54) is 0 Å². The number of rotatable bonds is 2. The summed E-state index contributed by atoms with van der Waals surface area (Å²) < 4.78 is 5.62. The standard InChI is InChI=1S/C15H18ClN3O/c1-10-5-6-19(12(8-10)13-4-3-7-20-13)15-9-14(16)17-11(2)18-15/h3-4,7,9-10,12H,5-6,8H2,1-2H3/t10-,12-/m0/s1. The van der Waals surface area contributed by atoms with E-state index in [1.807, 2.05) is 25.1 Å². The lowest BCUT2D eigenvalue weighted by Gasteiger charge is -2.38. The molecule has 3 heterocycles. The summed E-state index contributed by atoms with van der Waals surface area (Å²) in [7, 11) is 0. The van der Waals surface area contributed by atoms with Gasteiger partial charge in [-0.1, -0.05) is 18.5 Å². The van der Waals surface area contributed by atoms with E-state index in [4.69, 9.17) is 16.0 Å². The molecule has 0 N–H and O–H groups in total. The normalized spacial score (nSPS) is 23.1. The Morgan fingerprint density at radius 1 is 1.40 bits per heavy atom. The first-order valence-electron chi connectivity index (χ1n) is 6.94. The van der Waals surface area contributed by atoms with Crippen LogP contribution in [0.2, 0.25) is 5.15 Å². The van der Waals surface area contributed by atoms with Crippen LogP contribution in [0.5, 0.6) is 0 Å². The molecule has 20 heavy (non-hydrogen) atoms. The van der Waals surface area contributed by atoms with Gasteiger partial charge in [0.05, 0.1) is 12.3 Å². The molecule has 0 saturated carbocycles. The molecule has 0 spiro atoms. The van der Waals surface area contributed by atoms with Crippen molar-refractivity contribution in [2.24, 2.45) is 5.92 Å². The lowest BCUT2D eigenvalue weighted by atomic mass is 9.91. The van der Waals surface area contributed by atoms with E-state index < -0.39 is 0 Å². The molecule has 106 valence electrons.